The number of aromatic amines is 1. The van der Waals surface area contributed by atoms with Crippen LogP contribution in [0.25, 0.3) is 11.1 Å². The molecule has 0 bridgehead atoms. The van der Waals surface area contributed by atoms with E-state index in [1.165, 1.54) is 18.2 Å². The Morgan fingerprint density at radius 2 is 2.14 bits per heavy atom. The van der Waals surface area contributed by atoms with Crippen molar-refractivity contribution in [3.63, 3.8) is 0 Å². The van der Waals surface area contributed by atoms with Crippen molar-refractivity contribution in [1.82, 2.24) is 4.98 Å². The van der Waals surface area contributed by atoms with Crippen LogP contribution in [-0.4, -0.2) is 17.5 Å². The first kappa shape index (κ1) is 13.9. The number of hydrogen-bond donors (Lipinski definition) is 2. The van der Waals surface area contributed by atoms with Crippen LogP contribution < -0.4 is 15.8 Å². The number of nitrogens with one attached hydrogen (secondary N) is 2. The van der Waals surface area contributed by atoms with Gasteiger partial charge in [-0.3, -0.25) is 9.78 Å². The number of H-pyrrole nitrogens is 1. The molecule has 112 valence electrons. The molecular weight excluding hydrogens is 291 g/mol. The number of aromatic nitrogens is 1. The second kappa shape index (κ2) is 5.72. The van der Waals surface area contributed by atoms with E-state index in [2.05, 4.69) is 10.3 Å². The fraction of sp³-hybridized carbons (Fsp3) is 0.0667. The van der Waals surface area contributed by atoms with E-state index in [1.807, 2.05) is 0 Å². The number of rotatable bonds is 4. The van der Waals surface area contributed by atoms with E-state index in [1.54, 1.807) is 24.3 Å². The molecule has 3 aromatic rings. The molecule has 0 unspecified atom stereocenters. The van der Waals surface area contributed by atoms with Crippen LogP contribution in [0.5, 0.6) is 5.75 Å². The van der Waals surface area contributed by atoms with Gasteiger partial charge in [0.15, 0.2) is 12.2 Å². The lowest BCUT2D eigenvalue weighted by atomic mass is 10.3. The summed E-state index contributed by atoms with van der Waals surface area (Å²) in [5.41, 5.74) is 1.37. The first-order valence-electron chi connectivity index (χ1n) is 6.41. The van der Waals surface area contributed by atoms with E-state index in [0.717, 1.165) is 0 Å². The lowest BCUT2D eigenvalue weighted by Gasteiger charge is -2.07. The number of benzene rings is 2. The van der Waals surface area contributed by atoms with Crippen molar-refractivity contribution in [2.45, 2.75) is 0 Å². The highest BCUT2D eigenvalue weighted by Gasteiger charge is 2.07. The van der Waals surface area contributed by atoms with Gasteiger partial charge in [-0.25, -0.2) is 9.18 Å². The zero-order valence-corrected chi connectivity index (χ0v) is 11.3. The van der Waals surface area contributed by atoms with Crippen molar-refractivity contribution in [2.24, 2.45) is 0 Å². The maximum Gasteiger partial charge on any atom is 0.417 e. The molecule has 2 aromatic carbocycles. The molecule has 0 aliphatic carbocycles. The molecule has 0 atom stereocenters. The minimum Gasteiger partial charge on any atom is -0.484 e. The lowest BCUT2D eigenvalue weighted by Crippen LogP contribution is -2.20. The molecule has 1 heterocycles. The summed E-state index contributed by atoms with van der Waals surface area (Å²) >= 11 is 0. The van der Waals surface area contributed by atoms with Gasteiger partial charge in [-0.15, -0.1) is 0 Å². The van der Waals surface area contributed by atoms with Crippen LogP contribution in [0.1, 0.15) is 0 Å². The zero-order chi connectivity index (χ0) is 15.5. The van der Waals surface area contributed by atoms with Gasteiger partial charge < -0.3 is 14.5 Å². The Kier molecular flexibility index (Phi) is 3.61. The van der Waals surface area contributed by atoms with Gasteiger partial charge in [-0.1, -0.05) is 6.07 Å². The van der Waals surface area contributed by atoms with Crippen LogP contribution in [0, 0.1) is 5.82 Å². The van der Waals surface area contributed by atoms with Gasteiger partial charge in [0.25, 0.3) is 5.91 Å². The number of ether oxygens (including phenoxy) is 1. The number of hydrogen-bond acceptors (Lipinski definition) is 4. The Bertz CT molecular complexity index is 884. The topological polar surface area (TPSA) is 84.3 Å². The summed E-state index contributed by atoms with van der Waals surface area (Å²) in [5.74, 6) is -1.14. The Morgan fingerprint density at radius 1 is 1.27 bits per heavy atom. The van der Waals surface area contributed by atoms with Crippen molar-refractivity contribution in [2.75, 3.05) is 11.9 Å². The number of fused-ring (bicyclic) bond motifs is 1. The van der Waals surface area contributed by atoms with Crippen LogP contribution in [0.4, 0.5) is 10.1 Å². The number of halogens is 1. The van der Waals surface area contributed by atoms with Crippen molar-refractivity contribution in [1.29, 1.82) is 0 Å². The first-order chi connectivity index (χ1) is 10.6. The summed E-state index contributed by atoms with van der Waals surface area (Å²) < 4.78 is 23.0. The van der Waals surface area contributed by atoms with Crippen LogP contribution in [-0.2, 0) is 4.79 Å². The summed E-state index contributed by atoms with van der Waals surface area (Å²) in [6.45, 7) is -0.261. The summed E-state index contributed by atoms with van der Waals surface area (Å²) in [6, 6.07) is 10.3. The summed E-state index contributed by atoms with van der Waals surface area (Å²) in [6.07, 6.45) is 0. The lowest BCUT2D eigenvalue weighted by molar-refractivity contribution is -0.118. The van der Waals surface area contributed by atoms with Crippen LogP contribution in [0.15, 0.2) is 51.7 Å². The number of oxazole rings is 1. The Hall–Kier alpha value is -3.09. The molecule has 22 heavy (non-hydrogen) atoms. The maximum atomic E-state index is 13.0. The molecular formula is C15H11FN2O4. The van der Waals surface area contributed by atoms with E-state index >= 15 is 0 Å². The number of anilines is 1. The molecule has 0 radical (unpaired) electrons. The van der Waals surface area contributed by atoms with Crippen molar-refractivity contribution in [3.05, 3.63) is 58.8 Å². The molecule has 7 heteroatoms. The Morgan fingerprint density at radius 3 is 2.95 bits per heavy atom. The minimum absolute atomic E-state index is 0.261. The Balaban J connectivity index is 1.64. The molecule has 0 aliphatic heterocycles. The third kappa shape index (κ3) is 3.14. The summed E-state index contributed by atoms with van der Waals surface area (Å²) in [7, 11) is 0. The predicted octanol–water partition coefficient (Wildman–Crippen LogP) is 2.28. The van der Waals surface area contributed by atoms with Gasteiger partial charge in [0.2, 0.25) is 0 Å². The maximum absolute atomic E-state index is 13.0. The number of amides is 1. The molecule has 3 rings (SSSR count). The molecule has 0 spiro atoms. The smallest absolute Gasteiger partial charge is 0.417 e. The second-order valence-corrected chi connectivity index (χ2v) is 4.52. The van der Waals surface area contributed by atoms with E-state index in [9.17, 15) is 14.0 Å². The van der Waals surface area contributed by atoms with E-state index in [0.29, 0.717) is 16.8 Å². The van der Waals surface area contributed by atoms with Crippen molar-refractivity contribution in [3.8, 4) is 5.75 Å². The standard InChI is InChI=1S/C15H11FN2O4/c16-9-2-1-3-11(6-9)21-8-14(19)17-10-4-5-13-12(7-10)18-15(20)22-13/h1-7H,8H2,(H,17,19)(H,18,20). The van der Waals surface area contributed by atoms with Gasteiger partial charge in [-0.2, -0.15) is 0 Å². The van der Waals surface area contributed by atoms with Gasteiger partial charge in [-0.05, 0) is 30.3 Å². The predicted molar refractivity (Wildman–Crippen MR) is 77.4 cm³/mol. The third-order valence-corrected chi connectivity index (χ3v) is 2.87. The average Bonchev–Trinajstić information content (AvgIpc) is 2.84. The molecule has 0 saturated heterocycles. The van der Waals surface area contributed by atoms with Gasteiger partial charge in [0.1, 0.15) is 11.6 Å². The van der Waals surface area contributed by atoms with Gasteiger partial charge in [0, 0.05) is 11.8 Å². The third-order valence-electron chi connectivity index (χ3n) is 2.87. The summed E-state index contributed by atoms with van der Waals surface area (Å²) in [5, 5.41) is 2.61. The van der Waals surface area contributed by atoms with E-state index in [4.69, 9.17) is 9.15 Å². The van der Waals surface area contributed by atoms with E-state index in [-0.39, 0.29) is 12.4 Å². The molecule has 6 nitrogen and oxygen atoms in total. The SMILES string of the molecule is O=C(COc1cccc(F)c1)Nc1ccc2oc(=O)[nH]c2c1. The Labute approximate surface area is 123 Å². The fourth-order valence-electron chi connectivity index (χ4n) is 1.93. The number of carbonyl (C=O) groups excluding carboxylic acids is 1. The van der Waals surface area contributed by atoms with Crippen LogP contribution in [0.2, 0.25) is 0 Å². The highest BCUT2D eigenvalue weighted by atomic mass is 19.1. The molecule has 2 N–H and O–H groups in total. The highest BCUT2D eigenvalue weighted by molar-refractivity contribution is 5.93. The van der Waals surface area contributed by atoms with E-state index < -0.39 is 17.5 Å². The zero-order valence-electron chi connectivity index (χ0n) is 11.3. The summed E-state index contributed by atoms with van der Waals surface area (Å²) in [4.78, 5) is 25.3. The van der Waals surface area contributed by atoms with Crippen molar-refractivity contribution >= 4 is 22.7 Å². The molecule has 1 aromatic heterocycles. The molecule has 0 saturated carbocycles. The quantitative estimate of drug-likeness (QED) is 0.774. The molecule has 1 amide bonds. The molecule has 0 fully saturated rings. The normalized spacial score (nSPS) is 10.6. The minimum atomic E-state index is -0.562. The highest BCUT2D eigenvalue weighted by Crippen LogP contribution is 2.16. The van der Waals surface area contributed by atoms with Gasteiger partial charge >= 0.3 is 5.76 Å². The van der Waals surface area contributed by atoms with Crippen molar-refractivity contribution < 1.29 is 18.3 Å². The molecule has 0 aliphatic rings. The van der Waals surface area contributed by atoms with Crippen LogP contribution in [0.3, 0.4) is 0 Å². The monoisotopic (exact) mass is 302 g/mol. The fourth-order valence-corrected chi connectivity index (χ4v) is 1.93. The number of carbonyl (C=O) groups is 1. The average molecular weight is 302 g/mol. The van der Waals surface area contributed by atoms with Gasteiger partial charge in [0.05, 0.1) is 5.52 Å². The van der Waals surface area contributed by atoms with Crippen LogP contribution >= 0.6 is 0 Å². The largest absolute Gasteiger partial charge is 0.484 e. The first-order valence-corrected chi connectivity index (χ1v) is 6.41. The second-order valence-electron chi connectivity index (χ2n) is 4.52.